The van der Waals surface area contributed by atoms with E-state index in [4.69, 9.17) is 0 Å². The van der Waals surface area contributed by atoms with Crippen LogP contribution in [0.25, 0.3) is 0 Å². The highest BCUT2D eigenvalue weighted by molar-refractivity contribution is 5.96. The number of hydrogen-bond acceptors (Lipinski definition) is 4. The van der Waals surface area contributed by atoms with Gasteiger partial charge < -0.3 is 10.4 Å². The molecule has 1 aliphatic rings. The van der Waals surface area contributed by atoms with Gasteiger partial charge in [0.25, 0.3) is 0 Å². The Kier molecular flexibility index (Phi) is 4.26. The molecule has 16 heavy (non-hydrogen) atoms. The maximum atomic E-state index is 11.5. The van der Waals surface area contributed by atoms with Crippen molar-refractivity contribution in [2.45, 2.75) is 37.8 Å². The van der Waals surface area contributed by atoms with Gasteiger partial charge in [-0.15, -0.1) is 0 Å². The molecule has 0 saturated heterocycles. The average molecular weight is 229 g/mol. The van der Waals surface area contributed by atoms with Crippen LogP contribution in [-0.2, 0) is 4.79 Å². The second-order valence-electron chi connectivity index (χ2n) is 4.23. The third kappa shape index (κ3) is 2.93. The van der Waals surface area contributed by atoms with Gasteiger partial charge in [0.1, 0.15) is 0 Å². The highest BCUT2D eigenvalue weighted by atomic mass is 16.3. The molecule has 4 N–H and O–H groups in total. The third-order valence-electron chi connectivity index (χ3n) is 2.99. The van der Waals surface area contributed by atoms with Gasteiger partial charge in [-0.25, -0.2) is 4.79 Å². The van der Waals surface area contributed by atoms with E-state index >= 15 is 0 Å². The summed E-state index contributed by atoms with van der Waals surface area (Å²) in [7, 11) is 1.45. The molecule has 1 saturated carbocycles. The van der Waals surface area contributed by atoms with Gasteiger partial charge in [0.15, 0.2) is 0 Å². The number of carbonyl (C=O) groups is 2. The topological polar surface area (TPSA) is 90.5 Å². The number of aliphatic hydroxyl groups excluding tert-OH is 1. The Hall–Kier alpha value is -1.14. The molecule has 0 radical (unpaired) electrons. The quantitative estimate of drug-likeness (QED) is 0.515. The summed E-state index contributed by atoms with van der Waals surface area (Å²) in [6, 6.07) is -1.02. The molecule has 0 heterocycles. The van der Waals surface area contributed by atoms with Crippen molar-refractivity contribution < 1.29 is 14.7 Å². The zero-order valence-corrected chi connectivity index (χ0v) is 9.67. The first kappa shape index (κ1) is 12.9. The summed E-state index contributed by atoms with van der Waals surface area (Å²) >= 11 is 0. The molecule has 6 heteroatoms. The van der Waals surface area contributed by atoms with E-state index in [1.54, 1.807) is 6.92 Å². The van der Waals surface area contributed by atoms with Gasteiger partial charge in [-0.1, -0.05) is 0 Å². The highest BCUT2D eigenvalue weighted by Crippen LogP contribution is 2.31. The molecule has 0 aromatic heterocycles. The molecule has 1 aliphatic carbocycles. The van der Waals surface area contributed by atoms with Crippen LogP contribution in [0.3, 0.4) is 0 Å². The first-order valence-corrected chi connectivity index (χ1v) is 5.44. The van der Waals surface area contributed by atoms with Gasteiger partial charge in [0, 0.05) is 12.6 Å². The molecule has 0 aromatic rings. The lowest BCUT2D eigenvalue weighted by molar-refractivity contribution is -0.122. The second kappa shape index (κ2) is 5.27. The van der Waals surface area contributed by atoms with Gasteiger partial charge in [-0.3, -0.25) is 15.4 Å². The maximum Gasteiger partial charge on any atom is 0.321 e. The van der Waals surface area contributed by atoms with Crippen molar-refractivity contribution in [3.8, 4) is 0 Å². The zero-order chi connectivity index (χ0) is 12.2. The molecular formula is C10H19N3O3. The predicted octanol–water partition coefficient (Wildman–Crippen LogP) is -0.665. The fourth-order valence-electron chi connectivity index (χ4n) is 1.76. The molecular weight excluding hydrogens is 210 g/mol. The molecule has 0 aromatic carbocycles. The monoisotopic (exact) mass is 229 g/mol. The fraction of sp³-hybridized carbons (Fsp3) is 0.800. The van der Waals surface area contributed by atoms with Crippen LogP contribution >= 0.6 is 0 Å². The molecule has 0 bridgehead atoms. The minimum absolute atomic E-state index is 0.0184. The number of urea groups is 1. The Morgan fingerprint density at radius 2 is 2.06 bits per heavy atom. The standard InChI is InChI=1S/C10H19N3O3/c1-7(8(15)12-9(16)11-2)13-10(6-14)4-3-5-10/h7,13-14H,3-6H2,1-2H3,(H2,11,12,15,16). The molecule has 6 nitrogen and oxygen atoms in total. The Morgan fingerprint density at radius 3 is 2.44 bits per heavy atom. The average Bonchev–Trinajstić information content (AvgIpc) is 2.22. The molecule has 92 valence electrons. The number of nitrogens with one attached hydrogen (secondary N) is 3. The van der Waals surface area contributed by atoms with Crippen molar-refractivity contribution in [3.63, 3.8) is 0 Å². The van der Waals surface area contributed by atoms with Crippen LogP contribution in [0.5, 0.6) is 0 Å². The Labute approximate surface area is 94.8 Å². The van der Waals surface area contributed by atoms with Gasteiger partial charge >= 0.3 is 6.03 Å². The van der Waals surface area contributed by atoms with Crippen LogP contribution in [0, 0.1) is 0 Å². The summed E-state index contributed by atoms with van der Waals surface area (Å²) in [5.74, 6) is -0.390. The van der Waals surface area contributed by atoms with E-state index in [0.717, 1.165) is 19.3 Å². The minimum Gasteiger partial charge on any atom is -0.394 e. The molecule has 1 fully saturated rings. The summed E-state index contributed by atoms with van der Waals surface area (Å²) < 4.78 is 0. The number of rotatable bonds is 4. The molecule has 0 spiro atoms. The van der Waals surface area contributed by atoms with E-state index in [1.807, 2.05) is 0 Å². The second-order valence-corrected chi connectivity index (χ2v) is 4.23. The lowest BCUT2D eigenvalue weighted by Crippen LogP contribution is -2.60. The van der Waals surface area contributed by atoms with Crippen molar-refractivity contribution in [1.29, 1.82) is 0 Å². The molecule has 1 unspecified atom stereocenters. The smallest absolute Gasteiger partial charge is 0.321 e. The predicted molar refractivity (Wildman–Crippen MR) is 58.9 cm³/mol. The molecule has 1 atom stereocenters. The van der Waals surface area contributed by atoms with Crippen molar-refractivity contribution in [2.75, 3.05) is 13.7 Å². The minimum atomic E-state index is -0.523. The van der Waals surface area contributed by atoms with E-state index in [2.05, 4.69) is 16.0 Å². The van der Waals surface area contributed by atoms with Gasteiger partial charge in [-0.05, 0) is 26.2 Å². The van der Waals surface area contributed by atoms with Crippen molar-refractivity contribution >= 4 is 11.9 Å². The van der Waals surface area contributed by atoms with Crippen molar-refractivity contribution in [3.05, 3.63) is 0 Å². The van der Waals surface area contributed by atoms with Crippen molar-refractivity contribution in [1.82, 2.24) is 16.0 Å². The zero-order valence-electron chi connectivity index (χ0n) is 9.67. The summed E-state index contributed by atoms with van der Waals surface area (Å²) in [6.45, 7) is 1.69. The van der Waals surface area contributed by atoms with E-state index in [-0.39, 0.29) is 18.1 Å². The molecule has 3 amide bonds. The summed E-state index contributed by atoms with van der Waals surface area (Å²) in [5.41, 5.74) is -0.334. The van der Waals surface area contributed by atoms with Crippen LogP contribution in [0.4, 0.5) is 4.79 Å². The largest absolute Gasteiger partial charge is 0.394 e. The lowest BCUT2D eigenvalue weighted by atomic mass is 9.77. The van der Waals surface area contributed by atoms with E-state index < -0.39 is 12.1 Å². The normalized spacial score (nSPS) is 19.4. The number of aliphatic hydroxyl groups is 1. The van der Waals surface area contributed by atoms with Crippen LogP contribution in [0.15, 0.2) is 0 Å². The number of imide groups is 1. The van der Waals surface area contributed by atoms with E-state index in [9.17, 15) is 14.7 Å². The van der Waals surface area contributed by atoms with Crippen LogP contribution in [-0.4, -0.2) is 42.3 Å². The van der Waals surface area contributed by atoms with Crippen molar-refractivity contribution in [2.24, 2.45) is 0 Å². The summed E-state index contributed by atoms with van der Waals surface area (Å²) in [5, 5.41) is 16.8. The van der Waals surface area contributed by atoms with Gasteiger partial charge in [0.05, 0.1) is 12.6 Å². The first-order valence-electron chi connectivity index (χ1n) is 5.44. The highest BCUT2D eigenvalue weighted by Gasteiger charge is 2.38. The number of hydrogen-bond donors (Lipinski definition) is 4. The Bertz CT molecular complexity index is 271. The molecule has 0 aliphatic heterocycles. The van der Waals surface area contributed by atoms with Gasteiger partial charge in [0.2, 0.25) is 5.91 Å². The fourth-order valence-corrected chi connectivity index (χ4v) is 1.76. The summed E-state index contributed by atoms with van der Waals surface area (Å²) in [6.07, 6.45) is 2.78. The lowest BCUT2D eigenvalue weighted by Gasteiger charge is -2.42. The van der Waals surface area contributed by atoms with Crippen LogP contribution in [0.1, 0.15) is 26.2 Å². The third-order valence-corrected chi connectivity index (χ3v) is 2.99. The Morgan fingerprint density at radius 1 is 1.44 bits per heavy atom. The van der Waals surface area contributed by atoms with E-state index in [0.29, 0.717) is 0 Å². The number of amides is 3. The summed E-state index contributed by atoms with van der Waals surface area (Å²) in [4.78, 5) is 22.5. The first-order chi connectivity index (χ1) is 7.53. The number of carbonyl (C=O) groups excluding carboxylic acids is 2. The molecule has 1 rings (SSSR count). The van der Waals surface area contributed by atoms with E-state index in [1.165, 1.54) is 7.05 Å². The Balaban J connectivity index is 2.42. The SMILES string of the molecule is CNC(=O)NC(=O)C(C)NC1(CO)CCC1. The maximum absolute atomic E-state index is 11.5. The van der Waals surface area contributed by atoms with Crippen LogP contribution < -0.4 is 16.0 Å². The van der Waals surface area contributed by atoms with Crippen LogP contribution in [0.2, 0.25) is 0 Å². The van der Waals surface area contributed by atoms with Gasteiger partial charge in [-0.2, -0.15) is 0 Å².